The molecule has 0 saturated carbocycles. The molecule has 2 aromatic heterocycles. The number of rotatable bonds is 6. The third-order valence-corrected chi connectivity index (χ3v) is 3.94. The average Bonchev–Trinajstić information content (AvgIpc) is 3.02. The summed E-state index contributed by atoms with van der Waals surface area (Å²) in [5, 5.41) is 2.84. The number of aryl methyl sites for hydroxylation is 1. The summed E-state index contributed by atoms with van der Waals surface area (Å²) in [7, 11) is 0. The highest BCUT2D eigenvalue weighted by Gasteiger charge is 2.16. The maximum atomic E-state index is 12.4. The number of amides is 1. The molecule has 0 atom stereocenters. The number of aromatic nitrogens is 2. The van der Waals surface area contributed by atoms with E-state index in [9.17, 15) is 4.79 Å². The molecule has 0 unspecified atom stereocenters. The number of hydrogen-bond donors (Lipinski definition) is 2. The lowest BCUT2D eigenvalue weighted by Gasteiger charge is -2.19. The number of pyridine rings is 1. The molecule has 0 aliphatic carbocycles. The molecule has 3 N–H and O–H groups in total. The van der Waals surface area contributed by atoms with Crippen LogP contribution in [-0.4, -0.2) is 27.4 Å². The van der Waals surface area contributed by atoms with Crippen molar-refractivity contribution in [3.8, 4) is 5.75 Å². The topological polar surface area (TPSA) is 81.7 Å². The average molecular weight is 425 g/mol. The van der Waals surface area contributed by atoms with Crippen molar-refractivity contribution in [2.75, 3.05) is 6.54 Å². The Labute approximate surface area is 177 Å². The first-order chi connectivity index (χ1) is 12.3. The van der Waals surface area contributed by atoms with Crippen LogP contribution in [0.1, 0.15) is 35.5 Å². The van der Waals surface area contributed by atoms with E-state index in [1.807, 2.05) is 61.8 Å². The van der Waals surface area contributed by atoms with E-state index in [4.69, 9.17) is 10.5 Å². The van der Waals surface area contributed by atoms with Crippen LogP contribution in [0.4, 0.5) is 0 Å². The fraction of sp³-hybridized carbons (Fsp3) is 0.300. The first-order valence-electron chi connectivity index (χ1n) is 8.55. The number of fused-ring (bicyclic) bond motifs is 1. The molecular formula is C20H26Cl2N4O2. The van der Waals surface area contributed by atoms with Crippen LogP contribution in [0, 0.1) is 6.92 Å². The van der Waals surface area contributed by atoms with Crippen LogP contribution >= 0.6 is 24.8 Å². The van der Waals surface area contributed by atoms with E-state index in [1.165, 1.54) is 0 Å². The van der Waals surface area contributed by atoms with Crippen LogP contribution in [0.5, 0.6) is 5.75 Å². The quantitative estimate of drug-likeness (QED) is 0.633. The van der Waals surface area contributed by atoms with Crippen LogP contribution in [0.3, 0.4) is 0 Å². The van der Waals surface area contributed by atoms with Gasteiger partial charge in [0.2, 0.25) is 0 Å². The van der Waals surface area contributed by atoms with Crippen molar-refractivity contribution in [2.45, 2.75) is 32.9 Å². The molecule has 28 heavy (non-hydrogen) atoms. The van der Waals surface area contributed by atoms with Crippen LogP contribution in [0.25, 0.3) is 5.65 Å². The summed E-state index contributed by atoms with van der Waals surface area (Å²) in [6, 6.07) is 11.2. The lowest BCUT2D eigenvalue weighted by molar-refractivity contribution is 0.0941. The zero-order valence-corrected chi connectivity index (χ0v) is 17.8. The molecule has 0 saturated heterocycles. The monoisotopic (exact) mass is 424 g/mol. The molecule has 6 nitrogen and oxygen atoms in total. The van der Waals surface area contributed by atoms with Crippen LogP contribution < -0.4 is 15.8 Å². The third-order valence-electron chi connectivity index (χ3n) is 3.94. The molecule has 0 aliphatic heterocycles. The number of nitrogens with zero attached hydrogens (tertiary/aromatic N) is 2. The summed E-state index contributed by atoms with van der Waals surface area (Å²) in [5.74, 6) is 0.318. The number of nitrogens with one attached hydrogen (secondary N) is 1. The van der Waals surface area contributed by atoms with Gasteiger partial charge in [0.25, 0.3) is 5.91 Å². The fourth-order valence-electron chi connectivity index (χ4n) is 2.61. The second-order valence-electron chi connectivity index (χ2n) is 7.11. The number of nitrogens with two attached hydrogens (primary N) is 1. The number of carbonyl (C=O) groups is 1. The summed E-state index contributed by atoms with van der Waals surface area (Å²) >= 11 is 0. The van der Waals surface area contributed by atoms with E-state index < -0.39 is 5.54 Å². The number of halogens is 2. The van der Waals surface area contributed by atoms with Crippen molar-refractivity contribution in [2.24, 2.45) is 5.73 Å². The molecule has 2 heterocycles. The minimum Gasteiger partial charge on any atom is -0.486 e. The largest absolute Gasteiger partial charge is 0.486 e. The number of hydrogen-bond acceptors (Lipinski definition) is 4. The van der Waals surface area contributed by atoms with Crippen molar-refractivity contribution >= 4 is 36.4 Å². The predicted octanol–water partition coefficient (Wildman–Crippen LogP) is 3.53. The maximum Gasteiger partial charge on any atom is 0.255 e. The van der Waals surface area contributed by atoms with Crippen molar-refractivity contribution in [1.29, 1.82) is 0 Å². The first kappa shape index (κ1) is 23.8. The maximum absolute atomic E-state index is 12.4. The van der Waals surface area contributed by atoms with Gasteiger partial charge in [-0.15, -0.1) is 24.8 Å². The number of ether oxygens (including phenoxy) is 1. The van der Waals surface area contributed by atoms with Gasteiger partial charge < -0.3 is 20.2 Å². The number of carbonyl (C=O) groups excluding carboxylic acids is 1. The van der Waals surface area contributed by atoms with E-state index >= 15 is 0 Å². The van der Waals surface area contributed by atoms with Gasteiger partial charge >= 0.3 is 0 Å². The summed E-state index contributed by atoms with van der Waals surface area (Å²) < 4.78 is 7.85. The highest BCUT2D eigenvalue weighted by molar-refractivity contribution is 5.96. The van der Waals surface area contributed by atoms with Crippen molar-refractivity contribution in [3.05, 3.63) is 65.6 Å². The van der Waals surface area contributed by atoms with Crippen molar-refractivity contribution < 1.29 is 9.53 Å². The molecule has 0 bridgehead atoms. The van der Waals surface area contributed by atoms with Gasteiger partial charge in [-0.05, 0) is 44.5 Å². The van der Waals surface area contributed by atoms with Crippen LogP contribution in [0.15, 0.2) is 48.8 Å². The normalized spacial score (nSPS) is 10.7. The second kappa shape index (κ2) is 9.78. The summed E-state index contributed by atoms with van der Waals surface area (Å²) in [6.07, 6.45) is 3.89. The van der Waals surface area contributed by atoms with Gasteiger partial charge in [-0.25, -0.2) is 4.98 Å². The van der Waals surface area contributed by atoms with Crippen molar-refractivity contribution in [1.82, 2.24) is 14.7 Å². The predicted molar refractivity (Wildman–Crippen MR) is 116 cm³/mol. The SMILES string of the molecule is Cc1cccn2cc(COc3ccccc3C(=O)NCC(C)(C)N)nc12.Cl.Cl. The third kappa shape index (κ3) is 5.86. The molecule has 152 valence electrons. The Morgan fingerprint density at radius 2 is 1.93 bits per heavy atom. The number of para-hydroxylation sites is 1. The van der Waals surface area contributed by atoms with E-state index in [0.29, 0.717) is 17.9 Å². The van der Waals surface area contributed by atoms with Gasteiger partial charge in [-0.1, -0.05) is 18.2 Å². The Bertz CT molecular complexity index is 935. The van der Waals surface area contributed by atoms with E-state index in [-0.39, 0.29) is 37.3 Å². The molecular weight excluding hydrogens is 399 g/mol. The van der Waals surface area contributed by atoms with Gasteiger partial charge in [0.05, 0.1) is 11.3 Å². The van der Waals surface area contributed by atoms with Gasteiger partial charge in [-0.3, -0.25) is 4.79 Å². The fourth-order valence-corrected chi connectivity index (χ4v) is 2.61. The Hall–Kier alpha value is -2.28. The second-order valence-corrected chi connectivity index (χ2v) is 7.11. The molecule has 0 fully saturated rings. The van der Waals surface area contributed by atoms with Gasteiger partial charge in [0.15, 0.2) is 0 Å². The summed E-state index contributed by atoms with van der Waals surface area (Å²) in [4.78, 5) is 17.0. The van der Waals surface area contributed by atoms with E-state index in [2.05, 4.69) is 10.3 Å². The Kier molecular flexibility index (Phi) is 8.29. The standard InChI is InChI=1S/C20H24N4O2.2ClH/c1-14-7-6-10-24-11-15(23-18(14)24)12-26-17-9-5-4-8-16(17)19(25)22-13-20(2,3)21;;/h4-11H,12-13,21H2,1-3H3,(H,22,25);2*1H. The summed E-state index contributed by atoms with van der Waals surface area (Å²) in [6.45, 7) is 6.41. The molecule has 0 radical (unpaired) electrons. The highest BCUT2D eigenvalue weighted by atomic mass is 35.5. The minimum absolute atomic E-state index is 0. The molecule has 3 rings (SSSR count). The van der Waals surface area contributed by atoms with E-state index in [1.54, 1.807) is 12.1 Å². The van der Waals surface area contributed by atoms with Gasteiger partial charge in [-0.2, -0.15) is 0 Å². The van der Waals surface area contributed by atoms with Gasteiger partial charge in [0.1, 0.15) is 18.0 Å². The molecule has 0 spiro atoms. The van der Waals surface area contributed by atoms with Crippen LogP contribution in [-0.2, 0) is 6.61 Å². The molecule has 3 aromatic rings. The molecule has 8 heteroatoms. The minimum atomic E-state index is -0.472. The Balaban J connectivity index is 0.00000196. The molecule has 1 amide bonds. The van der Waals surface area contributed by atoms with Crippen molar-refractivity contribution in [3.63, 3.8) is 0 Å². The van der Waals surface area contributed by atoms with E-state index in [0.717, 1.165) is 16.9 Å². The first-order valence-corrected chi connectivity index (χ1v) is 8.55. The zero-order chi connectivity index (χ0) is 18.7. The molecule has 0 aliphatic rings. The lowest BCUT2D eigenvalue weighted by Crippen LogP contribution is -2.45. The lowest BCUT2D eigenvalue weighted by atomic mass is 10.1. The smallest absolute Gasteiger partial charge is 0.255 e. The molecule has 1 aromatic carbocycles. The summed E-state index contributed by atoms with van der Waals surface area (Å²) in [5.41, 5.74) is 8.75. The van der Waals surface area contributed by atoms with Gasteiger partial charge in [0, 0.05) is 24.5 Å². The zero-order valence-electron chi connectivity index (χ0n) is 16.1. The Morgan fingerprint density at radius 3 is 2.61 bits per heavy atom. The Morgan fingerprint density at radius 1 is 1.21 bits per heavy atom. The number of imidazole rings is 1. The number of benzene rings is 1. The highest BCUT2D eigenvalue weighted by Crippen LogP contribution is 2.20. The van der Waals surface area contributed by atoms with Crippen LogP contribution in [0.2, 0.25) is 0 Å².